The highest BCUT2D eigenvalue weighted by molar-refractivity contribution is 5.89. The number of fused-ring (bicyclic) bond motifs is 9. The van der Waals surface area contributed by atoms with E-state index < -0.39 is 0 Å². The van der Waals surface area contributed by atoms with Crippen LogP contribution in [0.15, 0.2) is 79.9 Å². The van der Waals surface area contributed by atoms with Gasteiger partial charge in [0.2, 0.25) is 0 Å². The van der Waals surface area contributed by atoms with Gasteiger partial charge in [0.25, 0.3) is 0 Å². The van der Waals surface area contributed by atoms with Crippen LogP contribution >= 0.6 is 0 Å². The molecule has 1 aromatic heterocycles. The van der Waals surface area contributed by atoms with E-state index in [9.17, 15) is 0 Å². The molecule has 2 aromatic carbocycles. The van der Waals surface area contributed by atoms with Crippen molar-refractivity contribution in [2.45, 2.75) is 44.4 Å². The summed E-state index contributed by atoms with van der Waals surface area (Å²) in [5.74, 6) is 1.77. The minimum absolute atomic E-state index is 0.0167. The first kappa shape index (κ1) is 21.7. The molecule has 3 aromatic rings. The lowest BCUT2D eigenvalue weighted by Gasteiger charge is -2.46. The van der Waals surface area contributed by atoms with Crippen molar-refractivity contribution in [3.8, 4) is 0 Å². The Morgan fingerprint density at radius 3 is 2.23 bits per heavy atom. The molecule has 6 heteroatoms. The summed E-state index contributed by atoms with van der Waals surface area (Å²) in [6, 6.07) is 17.5. The van der Waals surface area contributed by atoms with Gasteiger partial charge in [-0.15, -0.1) is 0 Å². The van der Waals surface area contributed by atoms with Crippen LogP contribution in [-0.4, -0.2) is 41.3 Å². The van der Waals surface area contributed by atoms with Crippen LogP contribution in [0.25, 0.3) is 5.57 Å². The van der Waals surface area contributed by atoms with E-state index in [1.54, 1.807) is 12.4 Å². The zero-order valence-corrected chi connectivity index (χ0v) is 20.9. The Balaban J connectivity index is 1.71. The maximum atomic E-state index is 4.84. The second-order valence-corrected chi connectivity index (χ2v) is 9.68. The molecule has 0 saturated heterocycles. The van der Waals surface area contributed by atoms with E-state index in [1.165, 1.54) is 16.8 Å². The van der Waals surface area contributed by atoms with E-state index in [0.717, 1.165) is 35.7 Å². The molecule has 6 rings (SSSR count). The Morgan fingerprint density at radius 2 is 1.49 bits per heavy atom. The second kappa shape index (κ2) is 7.87. The van der Waals surface area contributed by atoms with E-state index in [0.29, 0.717) is 0 Å². The fourth-order valence-corrected chi connectivity index (χ4v) is 6.40. The topological polar surface area (TPSA) is 38.7 Å². The number of likely N-dealkylation sites (N-methyl/N-ethyl adjacent to an activating group) is 2. The molecule has 2 unspecified atom stereocenters. The summed E-state index contributed by atoms with van der Waals surface area (Å²) in [6.45, 7) is 9.37. The van der Waals surface area contributed by atoms with Gasteiger partial charge in [0.05, 0.1) is 5.69 Å². The first-order valence-corrected chi connectivity index (χ1v) is 12.4. The summed E-state index contributed by atoms with van der Waals surface area (Å²) in [5.41, 5.74) is 5.81. The van der Waals surface area contributed by atoms with E-state index in [2.05, 4.69) is 108 Å². The Morgan fingerprint density at radius 1 is 0.829 bits per heavy atom. The molecular formula is C29H32N6. The molecule has 0 radical (unpaired) electrons. The van der Waals surface area contributed by atoms with Gasteiger partial charge in [0.15, 0.2) is 11.6 Å². The van der Waals surface area contributed by atoms with Gasteiger partial charge in [-0.05, 0) is 36.1 Å². The van der Waals surface area contributed by atoms with Gasteiger partial charge in [0.1, 0.15) is 12.3 Å². The maximum Gasteiger partial charge on any atom is 0.178 e. The Kier molecular flexibility index (Phi) is 4.88. The average Bonchev–Trinajstić information content (AvgIpc) is 3.41. The average molecular weight is 465 g/mol. The fourth-order valence-electron chi connectivity index (χ4n) is 6.40. The van der Waals surface area contributed by atoms with Gasteiger partial charge >= 0.3 is 0 Å². The monoisotopic (exact) mass is 464 g/mol. The summed E-state index contributed by atoms with van der Waals surface area (Å²) in [4.78, 5) is 19.0. The van der Waals surface area contributed by atoms with Gasteiger partial charge < -0.3 is 14.7 Å². The van der Waals surface area contributed by atoms with Crippen molar-refractivity contribution in [2.24, 2.45) is 0 Å². The summed E-state index contributed by atoms with van der Waals surface area (Å²) < 4.78 is 0. The second-order valence-electron chi connectivity index (χ2n) is 9.68. The molecule has 0 aliphatic carbocycles. The Bertz CT molecular complexity index is 1330. The van der Waals surface area contributed by atoms with Crippen molar-refractivity contribution in [3.63, 3.8) is 0 Å². The Hall–Kier alpha value is -3.80. The third-order valence-corrected chi connectivity index (χ3v) is 8.29. The zero-order valence-electron chi connectivity index (χ0n) is 20.9. The predicted octanol–water partition coefficient (Wildman–Crippen LogP) is 5.72. The highest BCUT2D eigenvalue weighted by Gasteiger charge is 2.49. The fraction of sp³-hybridized carbons (Fsp3) is 0.310. The first-order chi connectivity index (χ1) is 17.0. The summed E-state index contributed by atoms with van der Waals surface area (Å²) >= 11 is 0. The largest absolute Gasteiger partial charge is 0.356 e. The number of hydrogen-bond donors (Lipinski definition) is 0. The summed E-state index contributed by atoms with van der Waals surface area (Å²) in [5, 5.41) is 0. The number of hydrogen-bond acceptors (Lipinski definition) is 6. The number of rotatable bonds is 2. The molecule has 0 N–H and O–H groups in total. The number of para-hydroxylation sites is 2. The standard InChI is InChI=1S/C29H32N6/c1-6-29(7-2)20(3)21-12-8-10-14-23(21)35-26-25(30-16-17-31-26)33(5)28(35)27-32(4)18-19-34(27)24-15-11-9-13-22(24)29/h8-19,27-28H,3,6-7H2,1-2,4-5H3. The molecule has 3 aliphatic rings. The molecule has 3 aliphatic heterocycles. The first-order valence-electron chi connectivity index (χ1n) is 12.4. The number of benzene rings is 2. The van der Waals surface area contributed by atoms with Gasteiger partial charge in [-0.3, -0.25) is 4.90 Å². The van der Waals surface area contributed by atoms with Crippen molar-refractivity contribution in [2.75, 3.05) is 28.8 Å². The molecule has 6 nitrogen and oxygen atoms in total. The zero-order chi connectivity index (χ0) is 24.3. The molecule has 0 bridgehead atoms. The smallest absolute Gasteiger partial charge is 0.178 e. The van der Waals surface area contributed by atoms with E-state index in [4.69, 9.17) is 16.5 Å². The van der Waals surface area contributed by atoms with Crippen molar-refractivity contribution >= 4 is 28.6 Å². The molecule has 0 saturated carbocycles. The molecule has 178 valence electrons. The molecular weight excluding hydrogens is 432 g/mol. The minimum Gasteiger partial charge on any atom is -0.356 e. The van der Waals surface area contributed by atoms with Gasteiger partial charge in [0, 0.05) is 55.6 Å². The SMILES string of the molecule is C=C1c2ccccc2N2c3nccnc3N(C)C2C2N(C)C=CN2c2ccccc2C1(CC)CC. The molecule has 0 spiro atoms. The van der Waals surface area contributed by atoms with Crippen molar-refractivity contribution in [1.29, 1.82) is 0 Å². The van der Waals surface area contributed by atoms with E-state index in [1.807, 2.05) is 0 Å². The van der Waals surface area contributed by atoms with E-state index >= 15 is 0 Å². The summed E-state index contributed by atoms with van der Waals surface area (Å²) in [6.07, 6.45) is 9.85. The van der Waals surface area contributed by atoms with Crippen LogP contribution in [-0.2, 0) is 5.41 Å². The predicted molar refractivity (Wildman–Crippen MR) is 144 cm³/mol. The number of allylic oxidation sites excluding steroid dienone is 1. The molecule has 4 heterocycles. The number of nitrogens with zero attached hydrogens (tertiary/aromatic N) is 6. The lowest BCUT2D eigenvalue weighted by Crippen LogP contribution is -2.58. The quantitative estimate of drug-likeness (QED) is 0.483. The van der Waals surface area contributed by atoms with Crippen LogP contribution in [0, 0.1) is 0 Å². The lowest BCUT2D eigenvalue weighted by molar-refractivity contribution is 0.307. The van der Waals surface area contributed by atoms with E-state index in [-0.39, 0.29) is 17.7 Å². The van der Waals surface area contributed by atoms with Gasteiger partial charge in [-0.1, -0.05) is 56.8 Å². The van der Waals surface area contributed by atoms with Crippen LogP contribution in [0.4, 0.5) is 23.0 Å². The summed E-state index contributed by atoms with van der Waals surface area (Å²) in [7, 11) is 4.28. The van der Waals surface area contributed by atoms with Crippen LogP contribution in [0.2, 0.25) is 0 Å². The number of aromatic nitrogens is 2. The molecule has 0 fully saturated rings. The third kappa shape index (κ3) is 2.83. The Labute approximate surface area is 207 Å². The molecule has 2 atom stereocenters. The molecule has 0 amide bonds. The van der Waals surface area contributed by atoms with Crippen molar-refractivity contribution < 1.29 is 0 Å². The highest BCUT2D eigenvalue weighted by Crippen LogP contribution is 2.53. The lowest BCUT2D eigenvalue weighted by atomic mass is 9.67. The minimum atomic E-state index is -0.199. The van der Waals surface area contributed by atoms with Gasteiger partial charge in [-0.2, -0.15) is 0 Å². The number of anilines is 4. The van der Waals surface area contributed by atoms with Crippen LogP contribution < -0.4 is 14.7 Å². The maximum absolute atomic E-state index is 4.84. The highest BCUT2D eigenvalue weighted by atomic mass is 15.5. The van der Waals surface area contributed by atoms with Crippen molar-refractivity contribution in [1.82, 2.24) is 14.9 Å². The third-order valence-electron chi connectivity index (χ3n) is 8.29. The van der Waals surface area contributed by atoms with Crippen LogP contribution in [0.5, 0.6) is 0 Å². The molecule has 35 heavy (non-hydrogen) atoms. The van der Waals surface area contributed by atoms with Gasteiger partial charge in [-0.25, -0.2) is 9.97 Å². The van der Waals surface area contributed by atoms with Crippen LogP contribution in [0.1, 0.15) is 37.8 Å². The normalized spacial score (nSPS) is 21.9. The van der Waals surface area contributed by atoms with Crippen LogP contribution in [0.3, 0.4) is 0 Å². The van der Waals surface area contributed by atoms with Crippen molar-refractivity contribution in [3.05, 3.63) is 91.0 Å².